The van der Waals surface area contributed by atoms with Crippen molar-refractivity contribution in [2.45, 2.75) is 39.5 Å². The van der Waals surface area contributed by atoms with E-state index in [-0.39, 0.29) is 0 Å². The van der Waals surface area contributed by atoms with Gasteiger partial charge in [-0.25, -0.2) is 4.79 Å². The number of hydrogen-bond donors (Lipinski definition) is 1. The summed E-state index contributed by atoms with van der Waals surface area (Å²) in [7, 11) is 0. The van der Waals surface area contributed by atoms with E-state index in [0.29, 0.717) is 5.41 Å². The Morgan fingerprint density at radius 2 is 1.77 bits per heavy atom. The van der Waals surface area contributed by atoms with E-state index < -0.39 is 6.09 Å². The van der Waals surface area contributed by atoms with E-state index in [9.17, 15) is 4.79 Å². The van der Waals surface area contributed by atoms with E-state index in [1.54, 1.807) is 0 Å². The number of likely N-dealkylation sites (tertiary alicyclic amines) is 1. The fourth-order valence-electron chi connectivity index (χ4n) is 2.13. The van der Waals surface area contributed by atoms with Crippen molar-refractivity contribution in [2.75, 3.05) is 13.1 Å². The Hall–Kier alpha value is -0.730. The molecule has 0 aromatic heterocycles. The maximum Gasteiger partial charge on any atom is 0.407 e. The predicted molar refractivity (Wildman–Crippen MR) is 51.8 cm³/mol. The van der Waals surface area contributed by atoms with E-state index in [2.05, 4.69) is 13.8 Å². The summed E-state index contributed by atoms with van der Waals surface area (Å²) in [5.74, 6) is 0. The zero-order valence-electron chi connectivity index (χ0n) is 8.55. The molecule has 0 aromatic carbocycles. The van der Waals surface area contributed by atoms with Crippen molar-refractivity contribution in [3.63, 3.8) is 0 Å². The lowest BCUT2D eigenvalue weighted by atomic mass is 9.74. The second kappa shape index (κ2) is 3.99. The smallest absolute Gasteiger partial charge is 0.407 e. The number of carboxylic acid groups (broad SMARTS) is 1. The second-order valence-corrected chi connectivity index (χ2v) is 3.98. The van der Waals surface area contributed by atoms with Gasteiger partial charge in [-0.05, 0) is 18.3 Å². The van der Waals surface area contributed by atoms with E-state index in [1.807, 2.05) is 0 Å². The van der Waals surface area contributed by atoms with Gasteiger partial charge in [0.15, 0.2) is 0 Å². The van der Waals surface area contributed by atoms with Gasteiger partial charge in [-0.2, -0.15) is 0 Å². The van der Waals surface area contributed by atoms with Gasteiger partial charge in [0.05, 0.1) is 0 Å². The van der Waals surface area contributed by atoms with Gasteiger partial charge in [-0.1, -0.05) is 26.7 Å². The molecular weight excluding hydrogens is 166 g/mol. The molecule has 1 heterocycles. The fraction of sp³-hybridized carbons (Fsp3) is 0.900. The summed E-state index contributed by atoms with van der Waals surface area (Å²) >= 11 is 0. The Labute approximate surface area is 79.7 Å². The SMILES string of the molecule is CCC1(CC)CCN(C(=O)O)CC1. The maximum absolute atomic E-state index is 10.7. The van der Waals surface area contributed by atoms with Crippen LogP contribution < -0.4 is 0 Å². The van der Waals surface area contributed by atoms with E-state index in [0.717, 1.165) is 25.9 Å². The number of carbonyl (C=O) groups is 1. The van der Waals surface area contributed by atoms with Gasteiger partial charge in [0.2, 0.25) is 0 Å². The van der Waals surface area contributed by atoms with Gasteiger partial charge < -0.3 is 10.0 Å². The first-order chi connectivity index (χ1) is 6.13. The van der Waals surface area contributed by atoms with Crippen LogP contribution in [0.2, 0.25) is 0 Å². The van der Waals surface area contributed by atoms with Gasteiger partial charge in [0, 0.05) is 13.1 Å². The highest BCUT2D eigenvalue weighted by molar-refractivity contribution is 5.65. The summed E-state index contributed by atoms with van der Waals surface area (Å²) in [5, 5.41) is 8.78. The van der Waals surface area contributed by atoms with Crippen molar-refractivity contribution >= 4 is 6.09 Å². The molecule has 1 aliphatic rings. The lowest BCUT2D eigenvalue weighted by Crippen LogP contribution is -2.42. The minimum absolute atomic E-state index is 0.423. The molecule has 1 amide bonds. The topological polar surface area (TPSA) is 40.5 Å². The third-order valence-corrected chi connectivity index (χ3v) is 3.59. The minimum Gasteiger partial charge on any atom is -0.465 e. The van der Waals surface area contributed by atoms with Gasteiger partial charge in [0.25, 0.3) is 0 Å². The standard InChI is InChI=1S/C10H19NO2/c1-3-10(4-2)5-7-11(8-6-10)9(12)13/h3-8H2,1-2H3,(H,12,13). The number of hydrogen-bond acceptors (Lipinski definition) is 1. The largest absolute Gasteiger partial charge is 0.465 e. The molecular formula is C10H19NO2. The van der Waals surface area contributed by atoms with Crippen LogP contribution in [0, 0.1) is 5.41 Å². The summed E-state index contributed by atoms with van der Waals surface area (Å²) in [4.78, 5) is 12.2. The molecule has 0 spiro atoms. The van der Waals surface area contributed by atoms with Crippen molar-refractivity contribution in [3.05, 3.63) is 0 Å². The molecule has 1 saturated heterocycles. The third kappa shape index (κ3) is 2.14. The van der Waals surface area contributed by atoms with E-state index in [1.165, 1.54) is 17.7 Å². The molecule has 3 nitrogen and oxygen atoms in total. The van der Waals surface area contributed by atoms with Gasteiger partial charge >= 0.3 is 6.09 Å². The van der Waals surface area contributed by atoms with Crippen molar-refractivity contribution in [1.29, 1.82) is 0 Å². The van der Waals surface area contributed by atoms with Crippen LogP contribution >= 0.6 is 0 Å². The molecule has 0 unspecified atom stereocenters. The molecule has 0 atom stereocenters. The molecule has 13 heavy (non-hydrogen) atoms. The van der Waals surface area contributed by atoms with Crippen LogP contribution in [0.3, 0.4) is 0 Å². The molecule has 0 saturated carbocycles. The average Bonchev–Trinajstić information content (AvgIpc) is 2.18. The molecule has 0 radical (unpaired) electrons. The Kier molecular flexibility index (Phi) is 3.17. The number of rotatable bonds is 2. The first kappa shape index (κ1) is 10.4. The number of piperidine rings is 1. The normalized spacial score (nSPS) is 21.5. The second-order valence-electron chi connectivity index (χ2n) is 3.98. The monoisotopic (exact) mass is 185 g/mol. The van der Waals surface area contributed by atoms with E-state index in [4.69, 9.17) is 5.11 Å². The van der Waals surface area contributed by atoms with Crippen LogP contribution in [0.5, 0.6) is 0 Å². The Morgan fingerprint density at radius 3 is 2.08 bits per heavy atom. The van der Waals surface area contributed by atoms with Crippen molar-refractivity contribution in [2.24, 2.45) is 5.41 Å². The maximum atomic E-state index is 10.7. The number of nitrogens with zero attached hydrogens (tertiary/aromatic N) is 1. The Morgan fingerprint density at radius 1 is 1.31 bits per heavy atom. The highest BCUT2D eigenvalue weighted by Gasteiger charge is 2.32. The highest BCUT2D eigenvalue weighted by Crippen LogP contribution is 2.37. The lowest BCUT2D eigenvalue weighted by molar-refractivity contribution is 0.0841. The first-order valence-corrected chi connectivity index (χ1v) is 5.11. The molecule has 1 rings (SSSR count). The van der Waals surface area contributed by atoms with Crippen LogP contribution in [0.15, 0.2) is 0 Å². The van der Waals surface area contributed by atoms with Crippen LogP contribution in [-0.4, -0.2) is 29.2 Å². The van der Waals surface area contributed by atoms with Gasteiger partial charge in [-0.3, -0.25) is 0 Å². The first-order valence-electron chi connectivity index (χ1n) is 5.11. The Bertz CT molecular complexity index is 177. The lowest BCUT2D eigenvalue weighted by Gasteiger charge is -2.39. The molecule has 0 aliphatic carbocycles. The molecule has 1 aliphatic heterocycles. The summed E-state index contributed by atoms with van der Waals surface area (Å²) in [6, 6.07) is 0. The highest BCUT2D eigenvalue weighted by atomic mass is 16.4. The van der Waals surface area contributed by atoms with Crippen LogP contribution in [-0.2, 0) is 0 Å². The molecule has 1 fully saturated rings. The minimum atomic E-state index is -0.763. The molecule has 0 aromatic rings. The average molecular weight is 185 g/mol. The van der Waals surface area contributed by atoms with Gasteiger partial charge in [-0.15, -0.1) is 0 Å². The van der Waals surface area contributed by atoms with E-state index >= 15 is 0 Å². The molecule has 0 bridgehead atoms. The van der Waals surface area contributed by atoms with Crippen LogP contribution in [0.4, 0.5) is 4.79 Å². The quantitative estimate of drug-likeness (QED) is 0.718. The zero-order valence-corrected chi connectivity index (χ0v) is 8.55. The van der Waals surface area contributed by atoms with Crippen molar-refractivity contribution in [1.82, 2.24) is 4.90 Å². The van der Waals surface area contributed by atoms with Crippen molar-refractivity contribution < 1.29 is 9.90 Å². The summed E-state index contributed by atoms with van der Waals surface area (Å²) in [5.41, 5.74) is 0.423. The number of amides is 1. The Balaban J connectivity index is 2.50. The summed E-state index contributed by atoms with van der Waals surface area (Å²) in [6.07, 6.45) is 3.66. The van der Waals surface area contributed by atoms with Crippen molar-refractivity contribution in [3.8, 4) is 0 Å². The molecule has 76 valence electrons. The summed E-state index contributed by atoms with van der Waals surface area (Å²) < 4.78 is 0. The fourth-order valence-corrected chi connectivity index (χ4v) is 2.13. The molecule has 1 N–H and O–H groups in total. The zero-order chi connectivity index (χ0) is 9.90. The van der Waals surface area contributed by atoms with Crippen LogP contribution in [0.25, 0.3) is 0 Å². The third-order valence-electron chi connectivity index (χ3n) is 3.59. The van der Waals surface area contributed by atoms with Crippen LogP contribution in [0.1, 0.15) is 39.5 Å². The molecule has 3 heteroatoms. The summed E-state index contributed by atoms with van der Waals surface area (Å²) in [6.45, 7) is 5.86. The van der Waals surface area contributed by atoms with Gasteiger partial charge in [0.1, 0.15) is 0 Å². The predicted octanol–water partition coefficient (Wildman–Crippen LogP) is 2.57.